The van der Waals surface area contributed by atoms with E-state index in [2.05, 4.69) is 6.92 Å². The third-order valence-electron chi connectivity index (χ3n) is 3.80. The molecular formula is C20H22O4. The molecule has 4 heteroatoms. The number of ether oxygens (including phenoxy) is 2. The number of benzene rings is 2. The minimum Gasteiger partial charge on any atom is -0.427 e. The average Bonchev–Trinajstić information content (AvgIpc) is 2.62. The van der Waals surface area contributed by atoms with Gasteiger partial charge in [-0.1, -0.05) is 45.0 Å². The molecule has 0 aliphatic carbocycles. The van der Waals surface area contributed by atoms with E-state index in [9.17, 15) is 9.59 Å². The van der Waals surface area contributed by atoms with Gasteiger partial charge >= 0.3 is 11.9 Å². The van der Waals surface area contributed by atoms with Crippen molar-refractivity contribution in [2.75, 3.05) is 0 Å². The summed E-state index contributed by atoms with van der Waals surface area (Å²) in [5.74, 6) is 0.803. The normalized spacial score (nSPS) is 10.5. The second kappa shape index (κ2) is 8.29. The molecule has 2 aromatic carbocycles. The Bertz CT molecular complexity index is 625. The summed E-state index contributed by atoms with van der Waals surface area (Å²) in [6.07, 6.45) is 0.709. The van der Waals surface area contributed by atoms with Crippen molar-refractivity contribution in [3.63, 3.8) is 0 Å². The Labute approximate surface area is 142 Å². The van der Waals surface area contributed by atoms with Gasteiger partial charge in [0.05, 0.1) is 0 Å². The molecule has 0 aliphatic heterocycles. The van der Waals surface area contributed by atoms with Crippen LogP contribution in [-0.4, -0.2) is 11.9 Å². The zero-order valence-electron chi connectivity index (χ0n) is 14.2. The lowest BCUT2D eigenvalue weighted by Crippen LogP contribution is -2.06. The van der Waals surface area contributed by atoms with Gasteiger partial charge < -0.3 is 9.47 Å². The van der Waals surface area contributed by atoms with Crippen molar-refractivity contribution in [1.29, 1.82) is 0 Å². The molecule has 0 fully saturated rings. The summed E-state index contributed by atoms with van der Waals surface area (Å²) in [5.41, 5.74) is 2.23. The first kappa shape index (κ1) is 17.7. The van der Waals surface area contributed by atoms with Crippen LogP contribution in [0.1, 0.15) is 50.7 Å². The van der Waals surface area contributed by atoms with Crippen LogP contribution < -0.4 is 9.47 Å². The Morgan fingerprint density at radius 2 is 1.08 bits per heavy atom. The number of carbonyl (C=O) groups is 2. The molecule has 0 spiro atoms. The Balaban J connectivity index is 2.06. The topological polar surface area (TPSA) is 52.6 Å². The molecule has 4 nitrogen and oxygen atoms in total. The van der Waals surface area contributed by atoms with Gasteiger partial charge in [0, 0.05) is 18.8 Å². The molecule has 0 heterocycles. The zero-order valence-corrected chi connectivity index (χ0v) is 14.2. The van der Waals surface area contributed by atoms with Crippen LogP contribution in [-0.2, 0) is 9.59 Å². The molecule has 0 bridgehead atoms. The maximum atomic E-state index is 11.3. The number of hydrogen-bond donors (Lipinski definition) is 0. The third-order valence-corrected chi connectivity index (χ3v) is 3.80. The summed E-state index contributed by atoms with van der Waals surface area (Å²) >= 11 is 0. The highest BCUT2D eigenvalue weighted by Gasteiger charge is 2.10. The van der Waals surface area contributed by atoms with Gasteiger partial charge in [-0.15, -0.1) is 0 Å². The van der Waals surface area contributed by atoms with Crippen molar-refractivity contribution in [3.8, 4) is 11.5 Å². The molecule has 0 saturated carbocycles. The summed E-state index contributed by atoms with van der Waals surface area (Å²) in [4.78, 5) is 22.6. The molecule has 0 aliphatic rings. The highest BCUT2D eigenvalue weighted by atomic mass is 16.5. The van der Waals surface area contributed by atoms with Gasteiger partial charge in [0.25, 0.3) is 0 Å². The number of esters is 2. The fourth-order valence-corrected chi connectivity index (χ4v) is 2.25. The molecule has 0 radical (unpaired) electrons. The maximum Gasteiger partial charge on any atom is 0.310 e. The van der Waals surface area contributed by atoms with Gasteiger partial charge in [-0.05, 0) is 35.4 Å². The van der Waals surface area contributed by atoms with E-state index >= 15 is 0 Å². The number of rotatable bonds is 6. The summed E-state index contributed by atoms with van der Waals surface area (Å²) in [6.45, 7) is 5.63. The molecule has 0 saturated heterocycles. The summed E-state index contributed by atoms with van der Waals surface area (Å²) in [5, 5.41) is 0. The molecule has 0 aromatic heterocycles. The largest absolute Gasteiger partial charge is 0.427 e. The van der Waals surface area contributed by atoms with Crippen LogP contribution in [0.2, 0.25) is 0 Å². The lowest BCUT2D eigenvalue weighted by molar-refractivity contribution is -0.134. The molecule has 0 unspecified atom stereocenters. The molecule has 2 rings (SSSR count). The quantitative estimate of drug-likeness (QED) is 0.580. The first-order chi connectivity index (χ1) is 11.5. The van der Waals surface area contributed by atoms with Crippen molar-refractivity contribution < 1.29 is 19.1 Å². The zero-order chi connectivity index (χ0) is 17.5. The van der Waals surface area contributed by atoms with Crippen LogP contribution in [0.3, 0.4) is 0 Å². The summed E-state index contributed by atoms with van der Waals surface area (Å²) in [7, 11) is 0. The highest BCUT2D eigenvalue weighted by Crippen LogP contribution is 2.27. The predicted molar refractivity (Wildman–Crippen MR) is 92.3 cm³/mol. The smallest absolute Gasteiger partial charge is 0.310 e. The van der Waals surface area contributed by atoms with E-state index in [1.165, 1.54) is 0 Å². The second-order valence-corrected chi connectivity index (χ2v) is 5.52. The molecule has 126 valence electrons. The van der Waals surface area contributed by atoms with Gasteiger partial charge in [0.2, 0.25) is 0 Å². The first-order valence-corrected chi connectivity index (χ1v) is 8.14. The van der Waals surface area contributed by atoms with Crippen LogP contribution in [0, 0.1) is 0 Å². The standard InChI is InChI=1S/C20H22O4/c1-4-19(21)23-17-10-6-15(7-11-17)14(3)16-8-12-18(13-9-16)24-20(22)5-2/h6-14H,4-5H2,1-3H3. The van der Waals surface area contributed by atoms with Crippen molar-refractivity contribution >= 4 is 11.9 Å². The molecule has 2 aromatic rings. The molecule has 0 N–H and O–H groups in total. The fraction of sp³-hybridized carbons (Fsp3) is 0.300. The molecule has 24 heavy (non-hydrogen) atoms. The number of hydrogen-bond acceptors (Lipinski definition) is 4. The Hall–Kier alpha value is -2.62. The van der Waals surface area contributed by atoms with Crippen molar-refractivity contribution in [2.24, 2.45) is 0 Å². The third kappa shape index (κ3) is 4.69. The molecule has 0 atom stereocenters. The van der Waals surface area contributed by atoms with E-state index in [1.54, 1.807) is 38.1 Å². The van der Waals surface area contributed by atoms with Gasteiger partial charge in [-0.2, -0.15) is 0 Å². The van der Waals surface area contributed by atoms with E-state index in [0.717, 1.165) is 11.1 Å². The van der Waals surface area contributed by atoms with Crippen LogP contribution in [0.4, 0.5) is 0 Å². The SMILES string of the molecule is CCC(=O)Oc1ccc(C(C)c2ccc(OC(=O)CC)cc2)cc1. The molecule has 0 amide bonds. The van der Waals surface area contributed by atoms with E-state index < -0.39 is 0 Å². The minimum atomic E-state index is -0.243. The van der Waals surface area contributed by atoms with Gasteiger partial charge in [0.1, 0.15) is 11.5 Å². The van der Waals surface area contributed by atoms with Gasteiger partial charge in [-0.3, -0.25) is 9.59 Å². The Morgan fingerprint density at radius 3 is 1.38 bits per heavy atom. The van der Waals surface area contributed by atoms with Gasteiger partial charge in [-0.25, -0.2) is 0 Å². The van der Waals surface area contributed by atoms with Crippen LogP contribution in [0.15, 0.2) is 48.5 Å². The van der Waals surface area contributed by atoms with E-state index in [1.807, 2.05) is 24.3 Å². The second-order valence-electron chi connectivity index (χ2n) is 5.52. The number of carbonyl (C=O) groups excluding carboxylic acids is 2. The summed E-state index contributed by atoms with van der Waals surface area (Å²) < 4.78 is 10.4. The van der Waals surface area contributed by atoms with Crippen LogP contribution >= 0.6 is 0 Å². The minimum absolute atomic E-state index is 0.178. The molecular weight excluding hydrogens is 304 g/mol. The maximum absolute atomic E-state index is 11.3. The van der Waals surface area contributed by atoms with Crippen LogP contribution in [0.25, 0.3) is 0 Å². The van der Waals surface area contributed by atoms with E-state index in [4.69, 9.17) is 9.47 Å². The fourth-order valence-electron chi connectivity index (χ4n) is 2.25. The van der Waals surface area contributed by atoms with E-state index in [-0.39, 0.29) is 17.9 Å². The van der Waals surface area contributed by atoms with Crippen molar-refractivity contribution in [3.05, 3.63) is 59.7 Å². The first-order valence-electron chi connectivity index (χ1n) is 8.14. The lowest BCUT2D eigenvalue weighted by Gasteiger charge is -2.14. The van der Waals surface area contributed by atoms with E-state index in [0.29, 0.717) is 24.3 Å². The highest BCUT2D eigenvalue weighted by molar-refractivity contribution is 5.72. The van der Waals surface area contributed by atoms with Crippen LogP contribution in [0.5, 0.6) is 11.5 Å². The predicted octanol–water partition coefficient (Wildman–Crippen LogP) is 4.47. The van der Waals surface area contributed by atoms with Gasteiger partial charge in [0.15, 0.2) is 0 Å². The lowest BCUT2D eigenvalue weighted by atomic mass is 9.93. The average molecular weight is 326 g/mol. The summed E-state index contributed by atoms with van der Waals surface area (Å²) in [6, 6.07) is 15.0. The Kier molecular flexibility index (Phi) is 6.13. The van der Waals surface area contributed by atoms with Crippen molar-refractivity contribution in [2.45, 2.75) is 39.5 Å². The Morgan fingerprint density at radius 1 is 0.750 bits per heavy atom. The monoisotopic (exact) mass is 326 g/mol. The van der Waals surface area contributed by atoms with Crippen molar-refractivity contribution in [1.82, 2.24) is 0 Å².